The minimum atomic E-state index is -3.82. The molecule has 1 aromatic heterocycles. The third-order valence-electron chi connectivity index (χ3n) is 4.01. The minimum absolute atomic E-state index is 0.0309. The number of ether oxygens (including phenoxy) is 3. The third kappa shape index (κ3) is 4.69. The summed E-state index contributed by atoms with van der Waals surface area (Å²) in [6.45, 7) is 0.545. The van der Waals surface area contributed by atoms with Gasteiger partial charge in [-0.15, -0.1) is 19.0 Å². The van der Waals surface area contributed by atoms with Crippen molar-refractivity contribution in [1.82, 2.24) is 15.4 Å². The molecular formula is C18H14ClF2N5O4. The summed E-state index contributed by atoms with van der Waals surface area (Å²) in [5, 5.41) is 15.8. The van der Waals surface area contributed by atoms with Gasteiger partial charge in [-0.1, -0.05) is 6.07 Å². The number of carbonyl (C=O) groups excluding carboxylic acids is 1. The van der Waals surface area contributed by atoms with Crippen LogP contribution in [0, 0.1) is 0 Å². The average molecular weight is 438 g/mol. The number of alkyl halides is 3. The van der Waals surface area contributed by atoms with Gasteiger partial charge in [0.25, 0.3) is 5.91 Å². The minimum Gasteiger partial charge on any atom is -0.454 e. The standard InChI is InChI=1S/C18H14ClF2N5O4/c19-18(20,21)30-12-4-2-11(3-5-12)23-17(27)15-16(25-26-24-15)22-8-10-1-6-13-14(7-10)29-9-28-13/h1-7H,8-9H2,(H,23,27)(H2,22,24,25,26). The van der Waals surface area contributed by atoms with E-state index in [0.717, 1.165) is 5.56 Å². The van der Waals surface area contributed by atoms with Gasteiger partial charge in [-0.25, -0.2) is 0 Å². The van der Waals surface area contributed by atoms with Crippen LogP contribution in [0.2, 0.25) is 0 Å². The average Bonchev–Trinajstić information content (AvgIpc) is 3.35. The van der Waals surface area contributed by atoms with E-state index in [1.807, 2.05) is 12.1 Å². The number of fused-ring (bicyclic) bond motifs is 1. The summed E-state index contributed by atoms with van der Waals surface area (Å²) >= 11 is 4.71. The Labute approximate surface area is 173 Å². The SMILES string of the molecule is O=C(Nc1ccc(OC(F)(F)Cl)cc1)c1n[nH]nc1NCc1ccc2c(c1)OCO2. The molecule has 1 aliphatic rings. The van der Waals surface area contributed by atoms with E-state index in [1.54, 1.807) is 6.07 Å². The highest BCUT2D eigenvalue weighted by Crippen LogP contribution is 2.32. The van der Waals surface area contributed by atoms with Crippen LogP contribution in [-0.4, -0.2) is 33.7 Å². The first-order chi connectivity index (χ1) is 14.4. The molecule has 156 valence electrons. The Balaban J connectivity index is 1.38. The van der Waals surface area contributed by atoms with Crippen molar-refractivity contribution in [1.29, 1.82) is 0 Å². The number of nitrogens with one attached hydrogen (secondary N) is 3. The van der Waals surface area contributed by atoms with Crippen LogP contribution in [0.1, 0.15) is 16.1 Å². The molecule has 0 spiro atoms. The van der Waals surface area contributed by atoms with E-state index >= 15 is 0 Å². The number of aromatic amines is 1. The predicted octanol–water partition coefficient (Wildman–Crippen LogP) is 3.57. The summed E-state index contributed by atoms with van der Waals surface area (Å²) in [6, 6.07) is 10.7. The van der Waals surface area contributed by atoms with E-state index < -0.39 is 11.5 Å². The number of hydrogen-bond donors (Lipinski definition) is 3. The number of rotatable bonds is 7. The summed E-state index contributed by atoms with van der Waals surface area (Å²) in [5.74, 6) is 0.860. The van der Waals surface area contributed by atoms with Gasteiger partial charge in [-0.05, 0) is 42.0 Å². The van der Waals surface area contributed by atoms with E-state index in [2.05, 4.69) is 30.8 Å². The van der Waals surface area contributed by atoms with Crippen molar-refractivity contribution < 1.29 is 27.8 Å². The molecule has 0 unspecified atom stereocenters. The highest BCUT2D eigenvalue weighted by Gasteiger charge is 2.27. The largest absolute Gasteiger partial charge is 0.487 e. The van der Waals surface area contributed by atoms with Crippen molar-refractivity contribution in [3.63, 3.8) is 0 Å². The summed E-state index contributed by atoms with van der Waals surface area (Å²) in [4.78, 5) is 12.5. The molecule has 1 aliphatic heterocycles. The number of aromatic nitrogens is 3. The fourth-order valence-corrected chi connectivity index (χ4v) is 2.77. The van der Waals surface area contributed by atoms with E-state index in [-0.39, 0.29) is 24.1 Å². The number of anilines is 2. The number of hydrogen-bond acceptors (Lipinski definition) is 7. The number of amides is 1. The Morgan fingerprint density at radius 2 is 1.93 bits per heavy atom. The maximum Gasteiger partial charge on any atom is 0.487 e. The van der Waals surface area contributed by atoms with Gasteiger partial charge in [0.15, 0.2) is 23.0 Å². The van der Waals surface area contributed by atoms with Crippen molar-refractivity contribution in [3.05, 3.63) is 53.7 Å². The molecule has 0 atom stereocenters. The van der Waals surface area contributed by atoms with Gasteiger partial charge in [-0.2, -0.15) is 5.21 Å². The molecule has 0 bridgehead atoms. The first kappa shape index (κ1) is 19.7. The van der Waals surface area contributed by atoms with Crippen LogP contribution in [0.25, 0.3) is 0 Å². The maximum absolute atomic E-state index is 12.6. The summed E-state index contributed by atoms with van der Waals surface area (Å²) in [7, 11) is 0. The quantitative estimate of drug-likeness (QED) is 0.485. The second kappa shape index (κ2) is 8.03. The fraction of sp³-hybridized carbons (Fsp3) is 0.167. The van der Waals surface area contributed by atoms with Gasteiger partial charge < -0.3 is 24.8 Å². The van der Waals surface area contributed by atoms with Crippen LogP contribution in [0.3, 0.4) is 0 Å². The molecule has 3 aromatic rings. The molecule has 0 aliphatic carbocycles. The zero-order chi connectivity index (χ0) is 21.1. The number of nitrogens with zero attached hydrogens (tertiary/aromatic N) is 2. The third-order valence-corrected chi connectivity index (χ3v) is 4.08. The smallest absolute Gasteiger partial charge is 0.454 e. The number of H-pyrrole nitrogens is 1. The van der Waals surface area contributed by atoms with Crippen LogP contribution in [0.5, 0.6) is 17.2 Å². The molecule has 0 radical (unpaired) electrons. The van der Waals surface area contributed by atoms with Crippen LogP contribution >= 0.6 is 11.6 Å². The Morgan fingerprint density at radius 1 is 1.17 bits per heavy atom. The molecule has 9 nitrogen and oxygen atoms in total. The highest BCUT2D eigenvalue weighted by molar-refractivity contribution is 6.20. The Hall–Kier alpha value is -3.60. The fourth-order valence-electron chi connectivity index (χ4n) is 2.68. The molecular weight excluding hydrogens is 424 g/mol. The van der Waals surface area contributed by atoms with Crippen molar-refractivity contribution in [2.24, 2.45) is 0 Å². The monoisotopic (exact) mass is 437 g/mol. The maximum atomic E-state index is 12.6. The number of carbonyl (C=O) groups is 1. The molecule has 0 fully saturated rings. The Morgan fingerprint density at radius 3 is 2.70 bits per heavy atom. The topological polar surface area (TPSA) is 110 Å². The molecule has 3 N–H and O–H groups in total. The number of halogens is 3. The zero-order valence-corrected chi connectivity index (χ0v) is 15.9. The van der Waals surface area contributed by atoms with Gasteiger partial charge in [-0.3, -0.25) is 4.79 Å². The van der Waals surface area contributed by atoms with Crippen LogP contribution in [-0.2, 0) is 6.54 Å². The summed E-state index contributed by atoms with van der Waals surface area (Å²) in [6.07, 6.45) is 0. The lowest BCUT2D eigenvalue weighted by atomic mass is 10.2. The summed E-state index contributed by atoms with van der Waals surface area (Å²) < 4.78 is 40.1. The second-order valence-electron chi connectivity index (χ2n) is 6.09. The molecule has 2 heterocycles. The van der Waals surface area contributed by atoms with Gasteiger partial charge >= 0.3 is 5.57 Å². The van der Waals surface area contributed by atoms with E-state index in [4.69, 9.17) is 21.1 Å². The number of benzene rings is 2. The molecule has 1 amide bonds. The second-order valence-corrected chi connectivity index (χ2v) is 6.53. The van der Waals surface area contributed by atoms with Crippen LogP contribution < -0.4 is 24.8 Å². The van der Waals surface area contributed by atoms with Gasteiger partial charge in [0.05, 0.1) is 0 Å². The predicted molar refractivity (Wildman–Crippen MR) is 102 cm³/mol. The van der Waals surface area contributed by atoms with Gasteiger partial charge in [0.2, 0.25) is 6.79 Å². The lowest BCUT2D eigenvalue weighted by Gasteiger charge is -2.11. The molecule has 4 rings (SSSR count). The molecule has 30 heavy (non-hydrogen) atoms. The molecule has 2 aromatic carbocycles. The van der Waals surface area contributed by atoms with E-state index in [1.165, 1.54) is 24.3 Å². The van der Waals surface area contributed by atoms with Crippen molar-refractivity contribution in [3.8, 4) is 17.2 Å². The lowest BCUT2D eigenvalue weighted by Crippen LogP contribution is -2.16. The summed E-state index contributed by atoms with van der Waals surface area (Å²) in [5.41, 5.74) is -2.55. The Bertz CT molecular complexity index is 1060. The lowest BCUT2D eigenvalue weighted by molar-refractivity contribution is -0.0964. The zero-order valence-electron chi connectivity index (χ0n) is 15.1. The molecule has 12 heteroatoms. The van der Waals surface area contributed by atoms with Crippen molar-refractivity contribution in [2.45, 2.75) is 12.1 Å². The van der Waals surface area contributed by atoms with Crippen LogP contribution in [0.4, 0.5) is 20.3 Å². The first-order valence-corrected chi connectivity index (χ1v) is 8.95. The molecule has 0 saturated heterocycles. The van der Waals surface area contributed by atoms with E-state index in [9.17, 15) is 13.6 Å². The normalized spacial score (nSPS) is 12.5. The van der Waals surface area contributed by atoms with Crippen molar-refractivity contribution >= 4 is 29.0 Å². The Kier molecular flexibility index (Phi) is 5.27. The van der Waals surface area contributed by atoms with Gasteiger partial charge in [0, 0.05) is 23.8 Å². The van der Waals surface area contributed by atoms with Crippen LogP contribution in [0.15, 0.2) is 42.5 Å². The first-order valence-electron chi connectivity index (χ1n) is 8.58. The highest BCUT2D eigenvalue weighted by atomic mass is 35.5. The van der Waals surface area contributed by atoms with E-state index in [0.29, 0.717) is 23.7 Å². The van der Waals surface area contributed by atoms with Crippen molar-refractivity contribution in [2.75, 3.05) is 17.4 Å². The molecule has 0 saturated carbocycles. The van der Waals surface area contributed by atoms with Gasteiger partial charge in [0.1, 0.15) is 5.75 Å².